The lowest BCUT2D eigenvalue weighted by molar-refractivity contribution is 0.900. The van der Waals surface area contributed by atoms with Crippen molar-refractivity contribution >= 4 is 0 Å². The maximum absolute atomic E-state index is 3.54. The van der Waals surface area contributed by atoms with Gasteiger partial charge in [0.05, 0.1) is 0 Å². The Labute approximate surface area is 93.0 Å². The minimum absolute atomic E-state index is 0.554. The van der Waals surface area contributed by atoms with Crippen molar-refractivity contribution < 1.29 is 0 Å². The van der Waals surface area contributed by atoms with Crippen LogP contribution in [0.4, 0.5) is 0 Å². The van der Waals surface area contributed by atoms with Crippen LogP contribution in [-0.2, 0) is 0 Å². The average Bonchev–Trinajstić information content (AvgIpc) is 2.50. The minimum atomic E-state index is 0.554. The lowest BCUT2D eigenvalue weighted by Crippen LogP contribution is -2.02. The third-order valence-corrected chi connectivity index (χ3v) is 4.14. The highest BCUT2D eigenvalue weighted by atomic mass is 14.3. The second-order valence-corrected chi connectivity index (χ2v) is 4.82. The van der Waals surface area contributed by atoms with E-state index in [1.165, 1.54) is 39.0 Å². The van der Waals surface area contributed by atoms with Crippen molar-refractivity contribution in [3.8, 4) is 0 Å². The van der Waals surface area contributed by atoms with Gasteiger partial charge in [-0.2, -0.15) is 0 Å². The molecule has 0 saturated carbocycles. The van der Waals surface area contributed by atoms with Crippen molar-refractivity contribution in [2.75, 3.05) is 0 Å². The van der Waals surface area contributed by atoms with Gasteiger partial charge in [-0.3, -0.25) is 0 Å². The van der Waals surface area contributed by atoms with E-state index in [4.69, 9.17) is 0 Å². The number of hydrogen-bond acceptors (Lipinski definition) is 0. The Morgan fingerprint density at radius 1 is 0.800 bits per heavy atom. The predicted octanol–water partition coefficient (Wildman–Crippen LogP) is 4.13. The highest BCUT2D eigenvalue weighted by Crippen LogP contribution is 2.40. The second kappa shape index (κ2) is 3.23. The molecule has 0 saturated heterocycles. The van der Waals surface area contributed by atoms with E-state index in [1.807, 2.05) is 0 Å². The van der Waals surface area contributed by atoms with Crippen LogP contribution >= 0.6 is 0 Å². The molecule has 1 aromatic carbocycles. The van der Waals surface area contributed by atoms with Gasteiger partial charge < -0.3 is 0 Å². The fourth-order valence-electron chi connectivity index (χ4n) is 2.57. The van der Waals surface area contributed by atoms with E-state index >= 15 is 0 Å². The lowest BCUT2D eigenvalue weighted by atomic mass is 9.86. The first-order chi connectivity index (χ1) is 6.95. The molecule has 15 heavy (non-hydrogen) atoms. The van der Waals surface area contributed by atoms with Crippen LogP contribution in [0.5, 0.6) is 0 Å². The van der Waals surface area contributed by atoms with Crippen molar-refractivity contribution in [2.45, 2.75) is 47.5 Å². The fraction of sp³-hybridized carbons (Fsp3) is 0.467. The molecular formula is C15H19. The molecule has 0 heteroatoms. The van der Waals surface area contributed by atoms with Crippen LogP contribution in [0.3, 0.4) is 0 Å². The highest BCUT2D eigenvalue weighted by molar-refractivity contribution is 5.58. The van der Waals surface area contributed by atoms with Gasteiger partial charge >= 0.3 is 0 Å². The molecule has 0 nitrogen and oxygen atoms in total. The maximum atomic E-state index is 3.54. The summed E-state index contributed by atoms with van der Waals surface area (Å²) in [6, 6.07) is 0. The van der Waals surface area contributed by atoms with Gasteiger partial charge in [-0.15, -0.1) is 0 Å². The molecule has 1 aromatic rings. The van der Waals surface area contributed by atoms with Gasteiger partial charge in [-0.1, -0.05) is 12.5 Å². The zero-order valence-corrected chi connectivity index (χ0v) is 10.6. The molecule has 1 unspecified atom stereocenters. The van der Waals surface area contributed by atoms with Crippen molar-refractivity contribution in [1.82, 2.24) is 0 Å². The predicted molar refractivity (Wildman–Crippen MR) is 65.3 cm³/mol. The molecule has 79 valence electrons. The van der Waals surface area contributed by atoms with Gasteiger partial charge in [-0.05, 0) is 74.1 Å². The molecule has 0 N–H and O–H groups in total. The Morgan fingerprint density at radius 3 is 1.93 bits per heavy atom. The summed E-state index contributed by atoms with van der Waals surface area (Å²) in [4.78, 5) is 0. The van der Waals surface area contributed by atoms with E-state index in [-0.39, 0.29) is 0 Å². The molecule has 0 aliphatic heterocycles. The van der Waals surface area contributed by atoms with E-state index < -0.39 is 0 Å². The first-order valence-corrected chi connectivity index (χ1v) is 5.65. The Bertz CT molecular complexity index is 462. The van der Waals surface area contributed by atoms with Gasteiger partial charge in [0.2, 0.25) is 0 Å². The minimum Gasteiger partial charge on any atom is -0.0576 e. The molecule has 1 atom stereocenters. The number of fused-ring (bicyclic) bond motifs is 1. The molecule has 1 radical (unpaired) electrons. The molecule has 0 aromatic heterocycles. The van der Waals surface area contributed by atoms with E-state index in [1.54, 1.807) is 0 Å². The van der Waals surface area contributed by atoms with Gasteiger partial charge in [0.15, 0.2) is 0 Å². The summed E-state index contributed by atoms with van der Waals surface area (Å²) in [5.74, 6) is 0.554. The highest BCUT2D eigenvalue weighted by Gasteiger charge is 2.24. The summed E-state index contributed by atoms with van der Waals surface area (Å²) in [5, 5.41) is 0. The van der Waals surface area contributed by atoms with Crippen LogP contribution < -0.4 is 0 Å². The third-order valence-electron chi connectivity index (χ3n) is 4.14. The quantitative estimate of drug-likeness (QED) is 0.589. The number of rotatable bonds is 0. The average molecular weight is 199 g/mol. The molecular weight excluding hydrogens is 180 g/mol. The summed E-state index contributed by atoms with van der Waals surface area (Å²) in [6.07, 6.45) is 3.54. The summed E-state index contributed by atoms with van der Waals surface area (Å²) in [5.41, 5.74) is 10.0. The van der Waals surface area contributed by atoms with Crippen LogP contribution in [0.2, 0.25) is 0 Å². The van der Waals surface area contributed by atoms with Gasteiger partial charge in [0.25, 0.3) is 0 Å². The summed E-state index contributed by atoms with van der Waals surface area (Å²) in [7, 11) is 0. The standard InChI is InChI=1S/C15H19/c1-8-7-14-12(5)10(3)11(4)13(6)15(14)9(8)2/h9H,1-6H3. The third kappa shape index (κ3) is 1.27. The Kier molecular flexibility index (Phi) is 2.26. The largest absolute Gasteiger partial charge is 0.0576 e. The van der Waals surface area contributed by atoms with Crippen molar-refractivity contribution in [1.29, 1.82) is 0 Å². The topological polar surface area (TPSA) is 0 Å². The van der Waals surface area contributed by atoms with Crippen LogP contribution in [0.25, 0.3) is 0 Å². The van der Waals surface area contributed by atoms with E-state index in [0.717, 1.165) is 0 Å². The molecule has 0 heterocycles. The molecule has 1 aliphatic carbocycles. The lowest BCUT2D eigenvalue weighted by Gasteiger charge is -2.18. The zero-order chi connectivity index (χ0) is 11.3. The number of allylic oxidation sites excluding steroid dienone is 1. The normalized spacial score (nSPS) is 19.1. The maximum Gasteiger partial charge on any atom is 0.00354 e. The summed E-state index contributed by atoms with van der Waals surface area (Å²) >= 11 is 0. The zero-order valence-electron chi connectivity index (χ0n) is 10.6. The van der Waals surface area contributed by atoms with Crippen molar-refractivity contribution in [2.24, 2.45) is 0 Å². The molecule has 0 fully saturated rings. The second-order valence-electron chi connectivity index (χ2n) is 4.82. The van der Waals surface area contributed by atoms with Crippen LogP contribution in [0, 0.1) is 33.8 Å². The van der Waals surface area contributed by atoms with E-state index in [9.17, 15) is 0 Å². The van der Waals surface area contributed by atoms with Crippen molar-refractivity contribution in [3.05, 3.63) is 45.0 Å². The monoisotopic (exact) mass is 199 g/mol. The molecule has 2 rings (SSSR count). The van der Waals surface area contributed by atoms with Gasteiger partial charge in [0.1, 0.15) is 0 Å². The fourth-order valence-corrected chi connectivity index (χ4v) is 2.57. The van der Waals surface area contributed by atoms with Crippen LogP contribution in [0.15, 0.2) is 5.57 Å². The number of benzene rings is 1. The van der Waals surface area contributed by atoms with Crippen LogP contribution in [0.1, 0.15) is 53.1 Å². The smallest absolute Gasteiger partial charge is 0.00354 e. The SMILES string of the molecule is CC1=[C]c2c(C)c(C)c(C)c(C)c2C1C. The van der Waals surface area contributed by atoms with Gasteiger partial charge in [-0.25, -0.2) is 0 Å². The molecule has 0 spiro atoms. The summed E-state index contributed by atoms with van der Waals surface area (Å²) < 4.78 is 0. The first-order valence-electron chi connectivity index (χ1n) is 5.65. The van der Waals surface area contributed by atoms with E-state index in [0.29, 0.717) is 5.92 Å². The van der Waals surface area contributed by atoms with E-state index in [2.05, 4.69) is 47.6 Å². The van der Waals surface area contributed by atoms with Crippen LogP contribution in [-0.4, -0.2) is 0 Å². The molecule has 0 amide bonds. The Balaban J connectivity index is 2.82. The molecule has 0 bridgehead atoms. The summed E-state index contributed by atoms with van der Waals surface area (Å²) in [6.45, 7) is 13.4. The van der Waals surface area contributed by atoms with Gasteiger partial charge in [0, 0.05) is 5.92 Å². The Hall–Kier alpha value is -1.04. The van der Waals surface area contributed by atoms with Crippen molar-refractivity contribution in [3.63, 3.8) is 0 Å². The first kappa shape index (κ1) is 10.5. The Morgan fingerprint density at radius 2 is 1.33 bits per heavy atom. The number of hydrogen-bond donors (Lipinski definition) is 0. The molecule has 1 aliphatic rings.